The number of methoxy groups -OCH3 is 1. The maximum Gasteiger partial charge on any atom is 0.227 e. The van der Waals surface area contributed by atoms with Gasteiger partial charge in [0.2, 0.25) is 5.91 Å². The van der Waals surface area contributed by atoms with Gasteiger partial charge in [0.25, 0.3) is 0 Å². The molecule has 21 heavy (non-hydrogen) atoms. The second-order valence-electron chi connectivity index (χ2n) is 5.16. The Bertz CT molecular complexity index is 455. The van der Waals surface area contributed by atoms with Crippen LogP contribution in [0.25, 0.3) is 0 Å². The topological polar surface area (TPSA) is 59.0 Å². The lowest BCUT2D eigenvalue weighted by molar-refractivity contribution is -0.133. The summed E-state index contributed by atoms with van der Waals surface area (Å²) < 4.78 is 10.8. The second kappa shape index (κ2) is 8.00. The summed E-state index contributed by atoms with van der Waals surface area (Å²) in [6.45, 7) is 1.85. The van der Waals surface area contributed by atoms with Crippen molar-refractivity contribution < 1.29 is 19.4 Å². The average Bonchev–Trinajstić information content (AvgIpc) is 2.54. The molecule has 0 radical (unpaired) electrons. The number of amides is 1. The number of rotatable bonds is 6. The Hall–Kier alpha value is -1.59. The maximum atomic E-state index is 12.3. The summed E-state index contributed by atoms with van der Waals surface area (Å²) >= 11 is 0. The molecule has 1 amide bonds. The molecule has 116 valence electrons. The Labute approximate surface area is 125 Å². The molecule has 1 aromatic rings. The first-order valence-corrected chi connectivity index (χ1v) is 7.36. The summed E-state index contributed by atoms with van der Waals surface area (Å²) in [4.78, 5) is 14.2. The zero-order valence-electron chi connectivity index (χ0n) is 12.5. The van der Waals surface area contributed by atoms with Crippen molar-refractivity contribution in [2.75, 3.05) is 33.4 Å². The van der Waals surface area contributed by atoms with Crippen LogP contribution in [0.2, 0.25) is 0 Å². The van der Waals surface area contributed by atoms with Gasteiger partial charge in [-0.25, -0.2) is 0 Å². The third-order valence-corrected chi connectivity index (χ3v) is 3.77. The van der Waals surface area contributed by atoms with Gasteiger partial charge in [-0.2, -0.15) is 0 Å². The molecular weight excluding hydrogens is 270 g/mol. The van der Waals surface area contributed by atoms with Crippen LogP contribution in [0, 0.1) is 0 Å². The van der Waals surface area contributed by atoms with E-state index in [1.165, 1.54) is 0 Å². The molecule has 1 aromatic carbocycles. The molecule has 1 saturated heterocycles. The highest BCUT2D eigenvalue weighted by Crippen LogP contribution is 2.20. The lowest BCUT2D eigenvalue weighted by atomic mass is 10.1. The number of ether oxygens (including phenoxy) is 2. The van der Waals surface area contributed by atoms with Gasteiger partial charge in [-0.05, 0) is 18.9 Å². The third kappa shape index (κ3) is 4.44. The van der Waals surface area contributed by atoms with E-state index in [9.17, 15) is 4.79 Å². The molecule has 1 heterocycles. The van der Waals surface area contributed by atoms with Gasteiger partial charge in [0.15, 0.2) is 0 Å². The van der Waals surface area contributed by atoms with Crippen molar-refractivity contribution >= 4 is 5.91 Å². The number of aliphatic hydroxyl groups excluding tert-OH is 1. The second-order valence-corrected chi connectivity index (χ2v) is 5.16. The van der Waals surface area contributed by atoms with Crippen molar-refractivity contribution in [3.8, 4) is 5.75 Å². The smallest absolute Gasteiger partial charge is 0.227 e. The molecule has 1 aliphatic heterocycles. The normalized spacial score (nSPS) is 16.0. The van der Waals surface area contributed by atoms with Crippen LogP contribution >= 0.6 is 0 Å². The zero-order valence-corrected chi connectivity index (χ0v) is 12.5. The minimum absolute atomic E-state index is 0.0486. The molecule has 0 spiro atoms. The Morgan fingerprint density at radius 3 is 2.71 bits per heavy atom. The standard InChI is InChI=1S/C16H23NO4/c1-20-15-5-3-2-4-13(15)12-16(19)17-8-6-14(7-9-17)21-11-10-18/h2-5,14,18H,6-12H2,1H3. The van der Waals surface area contributed by atoms with E-state index in [0.29, 0.717) is 26.1 Å². The molecule has 1 N–H and O–H groups in total. The summed E-state index contributed by atoms with van der Waals surface area (Å²) in [7, 11) is 1.62. The molecule has 0 aromatic heterocycles. The summed E-state index contributed by atoms with van der Waals surface area (Å²) in [5.74, 6) is 0.882. The molecule has 0 unspecified atom stereocenters. The predicted octanol–water partition coefficient (Wildman–Crippen LogP) is 1.24. The maximum absolute atomic E-state index is 12.3. The van der Waals surface area contributed by atoms with Crippen LogP contribution in [0.5, 0.6) is 5.75 Å². The fraction of sp³-hybridized carbons (Fsp3) is 0.562. The van der Waals surface area contributed by atoms with Crippen LogP contribution in [-0.2, 0) is 16.0 Å². The number of likely N-dealkylation sites (tertiary alicyclic amines) is 1. The molecule has 2 rings (SSSR count). The van der Waals surface area contributed by atoms with Gasteiger partial charge < -0.3 is 19.5 Å². The Morgan fingerprint density at radius 2 is 2.05 bits per heavy atom. The fourth-order valence-corrected chi connectivity index (χ4v) is 2.61. The molecular formula is C16H23NO4. The van der Waals surface area contributed by atoms with Gasteiger partial charge in [-0.15, -0.1) is 0 Å². The van der Waals surface area contributed by atoms with Crippen molar-refractivity contribution in [1.29, 1.82) is 0 Å². The highest BCUT2D eigenvalue weighted by molar-refractivity contribution is 5.79. The number of para-hydroxylation sites is 1. The highest BCUT2D eigenvalue weighted by Gasteiger charge is 2.23. The van der Waals surface area contributed by atoms with E-state index in [0.717, 1.165) is 24.2 Å². The first-order valence-electron chi connectivity index (χ1n) is 7.36. The first kappa shape index (κ1) is 15.8. The van der Waals surface area contributed by atoms with Gasteiger partial charge in [0.1, 0.15) is 5.75 Å². The van der Waals surface area contributed by atoms with Gasteiger partial charge in [-0.3, -0.25) is 4.79 Å². The molecule has 0 aliphatic carbocycles. The highest BCUT2D eigenvalue weighted by atomic mass is 16.5. The lowest BCUT2D eigenvalue weighted by Gasteiger charge is -2.32. The van der Waals surface area contributed by atoms with E-state index in [1.807, 2.05) is 29.2 Å². The minimum atomic E-state index is 0.0486. The van der Waals surface area contributed by atoms with E-state index in [1.54, 1.807) is 7.11 Å². The summed E-state index contributed by atoms with van der Waals surface area (Å²) in [5.41, 5.74) is 0.920. The van der Waals surface area contributed by atoms with E-state index in [2.05, 4.69) is 0 Å². The Morgan fingerprint density at radius 1 is 1.33 bits per heavy atom. The predicted molar refractivity (Wildman–Crippen MR) is 79.3 cm³/mol. The van der Waals surface area contributed by atoms with Crippen LogP contribution in [0.3, 0.4) is 0 Å². The number of carbonyl (C=O) groups excluding carboxylic acids is 1. The van der Waals surface area contributed by atoms with Crippen molar-refractivity contribution in [3.63, 3.8) is 0 Å². The van der Waals surface area contributed by atoms with Crippen molar-refractivity contribution in [2.45, 2.75) is 25.4 Å². The first-order chi connectivity index (χ1) is 10.2. The van der Waals surface area contributed by atoms with Crippen LogP contribution in [0.1, 0.15) is 18.4 Å². The molecule has 0 saturated carbocycles. The molecule has 0 atom stereocenters. The number of nitrogens with zero attached hydrogens (tertiary/aromatic N) is 1. The van der Waals surface area contributed by atoms with Crippen molar-refractivity contribution in [2.24, 2.45) is 0 Å². The van der Waals surface area contributed by atoms with Gasteiger partial charge in [0, 0.05) is 18.7 Å². The molecule has 5 nitrogen and oxygen atoms in total. The zero-order chi connectivity index (χ0) is 15.1. The van der Waals surface area contributed by atoms with Crippen LogP contribution in [0.15, 0.2) is 24.3 Å². The summed E-state index contributed by atoms with van der Waals surface area (Å²) in [6.07, 6.45) is 2.19. The monoisotopic (exact) mass is 293 g/mol. The summed E-state index contributed by atoms with van der Waals surface area (Å²) in [5, 5.41) is 8.75. The van der Waals surface area contributed by atoms with Gasteiger partial charge >= 0.3 is 0 Å². The number of hydrogen-bond donors (Lipinski definition) is 1. The van der Waals surface area contributed by atoms with E-state index < -0.39 is 0 Å². The SMILES string of the molecule is COc1ccccc1CC(=O)N1CCC(OCCO)CC1. The van der Waals surface area contributed by atoms with Crippen LogP contribution < -0.4 is 4.74 Å². The van der Waals surface area contributed by atoms with Gasteiger partial charge in [-0.1, -0.05) is 18.2 Å². The number of aliphatic hydroxyl groups is 1. The molecule has 1 aliphatic rings. The summed E-state index contributed by atoms with van der Waals surface area (Å²) in [6, 6.07) is 7.61. The van der Waals surface area contributed by atoms with Gasteiger partial charge in [0.05, 0.1) is 32.8 Å². The minimum Gasteiger partial charge on any atom is -0.496 e. The quantitative estimate of drug-likeness (QED) is 0.857. The Balaban J connectivity index is 1.85. The molecule has 1 fully saturated rings. The molecule has 5 heteroatoms. The van der Waals surface area contributed by atoms with E-state index >= 15 is 0 Å². The fourth-order valence-electron chi connectivity index (χ4n) is 2.61. The lowest BCUT2D eigenvalue weighted by Crippen LogP contribution is -2.41. The third-order valence-electron chi connectivity index (χ3n) is 3.77. The average molecular weight is 293 g/mol. The Kier molecular flexibility index (Phi) is 6.02. The molecule has 0 bridgehead atoms. The van der Waals surface area contributed by atoms with E-state index in [-0.39, 0.29) is 18.6 Å². The number of piperidine rings is 1. The largest absolute Gasteiger partial charge is 0.496 e. The van der Waals surface area contributed by atoms with E-state index in [4.69, 9.17) is 14.6 Å². The van der Waals surface area contributed by atoms with Crippen LogP contribution in [0.4, 0.5) is 0 Å². The van der Waals surface area contributed by atoms with Crippen LogP contribution in [-0.4, -0.2) is 55.4 Å². The van der Waals surface area contributed by atoms with Crippen molar-refractivity contribution in [1.82, 2.24) is 4.90 Å². The number of hydrogen-bond acceptors (Lipinski definition) is 4. The number of carbonyl (C=O) groups is 1. The van der Waals surface area contributed by atoms with Crippen molar-refractivity contribution in [3.05, 3.63) is 29.8 Å². The number of benzene rings is 1.